The first kappa shape index (κ1) is 15.5. The maximum atomic E-state index is 6.02. The van der Waals surface area contributed by atoms with Crippen molar-refractivity contribution < 1.29 is 4.74 Å². The first-order valence-corrected chi connectivity index (χ1v) is 6.95. The number of rotatable bonds is 6. The van der Waals surface area contributed by atoms with E-state index in [-0.39, 0.29) is 0 Å². The summed E-state index contributed by atoms with van der Waals surface area (Å²) in [6.45, 7) is 4.83. The maximum absolute atomic E-state index is 6.02. The van der Waals surface area contributed by atoms with Gasteiger partial charge < -0.3 is 15.5 Å². The van der Waals surface area contributed by atoms with Crippen LogP contribution in [-0.4, -0.2) is 16.6 Å². The van der Waals surface area contributed by atoms with E-state index in [4.69, 9.17) is 22.2 Å². The molecule has 0 saturated carbocycles. The number of hydrogen-bond donors (Lipinski definition) is 3. The molecule has 0 unspecified atom stereocenters. The van der Waals surface area contributed by atoms with E-state index < -0.39 is 0 Å². The fourth-order valence-electron chi connectivity index (χ4n) is 1.76. The number of ether oxygens (including phenoxy) is 1. The van der Waals surface area contributed by atoms with Crippen molar-refractivity contribution in [3.8, 4) is 0 Å². The maximum Gasteiger partial charge on any atom is 0.158 e. The van der Waals surface area contributed by atoms with Crippen LogP contribution in [0.5, 0.6) is 0 Å². The molecule has 0 amide bonds. The predicted octanol–water partition coefficient (Wildman–Crippen LogP) is 3.00. The summed E-state index contributed by atoms with van der Waals surface area (Å²) in [6.07, 6.45) is 0. The number of nitrogens with one attached hydrogen (secondary N) is 2. The quantitative estimate of drug-likeness (QED) is 0.562. The third kappa shape index (κ3) is 4.29. The Labute approximate surface area is 128 Å². The Balaban J connectivity index is 2.27. The van der Waals surface area contributed by atoms with Crippen LogP contribution in [0.2, 0.25) is 5.02 Å². The van der Waals surface area contributed by atoms with E-state index in [1.165, 1.54) is 0 Å². The average molecular weight is 308 g/mol. The largest absolute Gasteiger partial charge is 0.374 e. The molecule has 1 aromatic heterocycles. The molecule has 0 spiro atoms. The van der Waals surface area contributed by atoms with Crippen LogP contribution in [0.25, 0.3) is 0 Å². The Bertz CT molecular complexity index is 620. The molecule has 0 aliphatic carbocycles. The van der Waals surface area contributed by atoms with Gasteiger partial charge in [-0.25, -0.2) is 15.8 Å². The summed E-state index contributed by atoms with van der Waals surface area (Å²) in [5.41, 5.74) is 4.47. The second-order valence-corrected chi connectivity index (χ2v) is 4.86. The monoisotopic (exact) mass is 307 g/mol. The highest BCUT2D eigenvalue weighted by Gasteiger charge is 2.06. The summed E-state index contributed by atoms with van der Waals surface area (Å²) in [4.78, 5) is 8.63. The summed E-state index contributed by atoms with van der Waals surface area (Å²) in [7, 11) is 0. The molecule has 6 nitrogen and oxygen atoms in total. The van der Waals surface area contributed by atoms with Gasteiger partial charge in [-0.1, -0.05) is 17.7 Å². The molecule has 2 rings (SSSR count). The van der Waals surface area contributed by atoms with Gasteiger partial charge in [0.1, 0.15) is 18.2 Å². The molecule has 1 heterocycles. The zero-order chi connectivity index (χ0) is 15.2. The lowest BCUT2D eigenvalue weighted by Crippen LogP contribution is -2.12. The Morgan fingerprint density at radius 2 is 2.00 bits per heavy atom. The second-order valence-electron chi connectivity index (χ2n) is 4.42. The summed E-state index contributed by atoms with van der Waals surface area (Å²) in [5.74, 6) is 7.12. The number of aryl methyl sites for hydroxylation is 1. The minimum Gasteiger partial charge on any atom is -0.374 e. The molecule has 4 N–H and O–H groups in total. The van der Waals surface area contributed by atoms with Gasteiger partial charge in [-0.05, 0) is 31.5 Å². The molecule has 0 saturated heterocycles. The molecular weight excluding hydrogens is 290 g/mol. The summed E-state index contributed by atoms with van der Waals surface area (Å²) in [5, 5.41) is 3.87. The number of hydrazine groups is 1. The molecular formula is C14H18ClN5O. The number of nitrogens with zero attached hydrogens (tertiary/aromatic N) is 2. The molecule has 7 heteroatoms. The number of anilines is 3. The zero-order valence-corrected chi connectivity index (χ0v) is 12.7. The van der Waals surface area contributed by atoms with Gasteiger partial charge in [0, 0.05) is 23.4 Å². The second kappa shape index (κ2) is 7.21. The number of benzene rings is 1. The molecule has 0 atom stereocenters. The third-order valence-corrected chi connectivity index (χ3v) is 3.05. The van der Waals surface area contributed by atoms with Crippen molar-refractivity contribution in [2.45, 2.75) is 20.5 Å². The average Bonchev–Trinajstić information content (AvgIpc) is 2.48. The number of nitrogens with two attached hydrogens (primary N) is 1. The Hall–Kier alpha value is -1.89. The van der Waals surface area contributed by atoms with Crippen LogP contribution < -0.4 is 16.6 Å². The van der Waals surface area contributed by atoms with Gasteiger partial charge in [-0.15, -0.1) is 0 Å². The molecule has 2 aromatic rings. The van der Waals surface area contributed by atoms with Crippen molar-refractivity contribution >= 4 is 28.9 Å². The number of nitrogen functional groups attached to an aromatic ring is 1. The lowest BCUT2D eigenvalue weighted by molar-refractivity contribution is 0.128. The smallest absolute Gasteiger partial charge is 0.158 e. The first-order valence-electron chi connectivity index (χ1n) is 6.58. The molecule has 1 aromatic carbocycles. The van der Waals surface area contributed by atoms with Crippen LogP contribution in [0.3, 0.4) is 0 Å². The molecule has 0 radical (unpaired) electrons. The van der Waals surface area contributed by atoms with E-state index >= 15 is 0 Å². The molecule has 112 valence electrons. The topological polar surface area (TPSA) is 85.1 Å². The predicted molar refractivity (Wildman–Crippen MR) is 84.6 cm³/mol. The zero-order valence-electron chi connectivity index (χ0n) is 12.0. The van der Waals surface area contributed by atoms with Crippen molar-refractivity contribution in [2.75, 3.05) is 17.3 Å². The van der Waals surface area contributed by atoms with Crippen LogP contribution in [-0.2, 0) is 11.3 Å². The van der Waals surface area contributed by atoms with Crippen LogP contribution in [0, 0.1) is 6.92 Å². The molecule has 0 bridgehead atoms. The third-order valence-electron chi connectivity index (χ3n) is 2.82. The van der Waals surface area contributed by atoms with Crippen LogP contribution in [0.15, 0.2) is 24.3 Å². The summed E-state index contributed by atoms with van der Waals surface area (Å²) in [6, 6.07) is 7.34. The fourth-order valence-corrected chi connectivity index (χ4v) is 1.93. The van der Waals surface area contributed by atoms with Gasteiger partial charge in [0.05, 0.1) is 0 Å². The fraction of sp³-hybridized carbons (Fsp3) is 0.286. The van der Waals surface area contributed by atoms with E-state index in [2.05, 4.69) is 20.7 Å². The Morgan fingerprint density at radius 3 is 2.71 bits per heavy atom. The van der Waals surface area contributed by atoms with E-state index in [0.29, 0.717) is 35.7 Å². The minimum absolute atomic E-state index is 0.329. The highest BCUT2D eigenvalue weighted by Crippen LogP contribution is 2.24. The molecule has 0 aliphatic heterocycles. The van der Waals surface area contributed by atoms with Gasteiger partial charge in [0.2, 0.25) is 0 Å². The minimum atomic E-state index is 0.329. The number of aromatic nitrogens is 2. The van der Waals surface area contributed by atoms with Gasteiger partial charge in [0.25, 0.3) is 0 Å². The van der Waals surface area contributed by atoms with Crippen molar-refractivity contribution in [3.63, 3.8) is 0 Å². The van der Waals surface area contributed by atoms with E-state index in [1.54, 1.807) is 6.07 Å². The molecule has 21 heavy (non-hydrogen) atoms. The molecule has 0 aliphatic rings. The van der Waals surface area contributed by atoms with Gasteiger partial charge >= 0.3 is 0 Å². The Kier molecular flexibility index (Phi) is 5.32. The van der Waals surface area contributed by atoms with Crippen LogP contribution >= 0.6 is 11.6 Å². The SMILES string of the molecule is CCOCc1nc(NN)cc(Nc2cc(Cl)ccc2C)n1. The lowest BCUT2D eigenvalue weighted by Gasteiger charge is -2.12. The molecule has 0 fully saturated rings. The Morgan fingerprint density at radius 1 is 1.24 bits per heavy atom. The van der Waals surface area contributed by atoms with E-state index in [9.17, 15) is 0 Å². The number of halogens is 1. The van der Waals surface area contributed by atoms with Crippen molar-refractivity contribution in [1.29, 1.82) is 0 Å². The van der Waals surface area contributed by atoms with Gasteiger partial charge in [-0.2, -0.15) is 0 Å². The van der Waals surface area contributed by atoms with Gasteiger partial charge in [0.15, 0.2) is 5.82 Å². The van der Waals surface area contributed by atoms with Gasteiger partial charge in [-0.3, -0.25) is 0 Å². The lowest BCUT2D eigenvalue weighted by atomic mass is 10.2. The first-order chi connectivity index (χ1) is 10.1. The van der Waals surface area contributed by atoms with E-state index in [1.807, 2.05) is 32.0 Å². The summed E-state index contributed by atoms with van der Waals surface area (Å²) >= 11 is 6.02. The van der Waals surface area contributed by atoms with E-state index in [0.717, 1.165) is 11.3 Å². The standard InChI is InChI=1S/C14H18ClN5O/c1-3-21-8-14-18-12(7-13(19-14)20-16)17-11-6-10(15)5-4-9(11)2/h4-7H,3,8,16H2,1-2H3,(H2,17,18,19,20). The number of hydrogen-bond acceptors (Lipinski definition) is 6. The van der Waals surface area contributed by atoms with Crippen LogP contribution in [0.1, 0.15) is 18.3 Å². The van der Waals surface area contributed by atoms with Crippen molar-refractivity contribution in [3.05, 3.63) is 40.7 Å². The highest BCUT2D eigenvalue weighted by molar-refractivity contribution is 6.30. The normalized spacial score (nSPS) is 10.5. The van der Waals surface area contributed by atoms with Crippen LogP contribution in [0.4, 0.5) is 17.3 Å². The van der Waals surface area contributed by atoms with Crippen molar-refractivity contribution in [2.24, 2.45) is 5.84 Å². The van der Waals surface area contributed by atoms with Crippen molar-refractivity contribution in [1.82, 2.24) is 9.97 Å². The highest BCUT2D eigenvalue weighted by atomic mass is 35.5. The summed E-state index contributed by atoms with van der Waals surface area (Å²) < 4.78 is 5.32.